The molecule has 0 amide bonds. The summed E-state index contributed by atoms with van der Waals surface area (Å²) in [6.07, 6.45) is 9.32. The van der Waals surface area contributed by atoms with Crippen molar-refractivity contribution in [2.75, 3.05) is 7.11 Å². The molecular formula is C31H45NO9. The maximum atomic E-state index is 12.8. The fraction of sp³-hybridized carbons (Fsp3) is 0.581. The van der Waals surface area contributed by atoms with E-state index in [4.69, 9.17) is 19.0 Å². The molecule has 2 rings (SSSR count). The van der Waals surface area contributed by atoms with Gasteiger partial charge in [0.25, 0.3) is 0 Å². The Hall–Kier alpha value is -3.05. The van der Waals surface area contributed by atoms with Crippen LogP contribution in [0.1, 0.15) is 71.9 Å². The summed E-state index contributed by atoms with van der Waals surface area (Å²) in [5, 5.41) is 40.8. The molecule has 0 saturated carbocycles. The van der Waals surface area contributed by atoms with Crippen molar-refractivity contribution in [3.63, 3.8) is 0 Å². The van der Waals surface area contributed by atoms with E-state index in [9.17, 15) is 24.9 Å². The molecule has 0 aromatic carbocycles. The second-order valence-electron chi connectivity index (χ2n) is 11.2. The van der Waals surface area contributed by atoms with Crippen molar-refractivity contribution in [1.29, 1.82) is 0 Å². The zero-order chi connectivity index (χ0) is 30.7. The SMILES string of the molecule is COC1CC(C)CCc2nc(co2)/C(C)=C/[C@H](O)[C@@H](C)/C=C/C(=O)O[C@@H](/C=C(\C)C/C=C\C[C@](C)(O)C(=O)O)[C@@H]1O. The molecule has 7 atom stereocenters. The van der Waals surface area contributed by atoms with E-state index in [0.29, 0.717) is 30.8 Å². The topological polar surface area (TPSA) is 160 Å². The molecule has 1 aliphatic heterocycles. The van der Waals surface area contributed by atoms with Gasteiger partial charge in [-0.1, -0.05) is 43.7 Å². The Labute approximate surface area is 242 Å². The van der Waals surface area contributed by atoms with E-state index < -0.39 is 47.9 Å². The first kappa shape index (κ1) is 34.2. The van der Waals surface area contributed by atoms with Crippen LogP contribution in [0.15, 0.2) is 52.7 Å². The van der Waals surface area contributed by atoms with Crippen LogP contribution in [0.2, 0.25) is 0 Å². The highest BCUT2D eigenvalue weighted by atomic mass is 16.6. The normalized spacial score (nSPS) is 30.9. The number of cyclic esters (lactones) is 1. The van der Waals surface area contributed by atoms with Gasteiger partial charge in [0.2, 0.25) is 0 Å². The van der Waals surface area contributed by atoms with Crippen LogP contribution in [-0.4, -0.2) is 74.5 Å². The second-order valence-corrected chi connectivity index (χ2v) is 11.2. The Kier molecular flexibility index (Phi) is 13.2. The van der Waals surface area contributed by atoms with Gasteiger partial charge in [0.15, 0.2) is 11.5 Å². The van der Waals surface area contributed by atoms with E-state index in [-0.39, 0.29) is 12.3 Å². The number of aliphatic hydroxyl groups excluding tert-OH is 2. The molecule has 0 aliphatic carbocycles. The third-order valence-corrected chi connectivity index (χ3v) is 7.24. The van der Waals surface area contributed by atoms with Crippen molar-refractivity contribution < 1.29 is 43.9 Å². The molecule has 0 fully saturated rings. The van der Waals surface area contributed by atoms with Crippen LogP contribution >= 0.6 is 0 Å². The minimum absolute atomic E-state index is 0.0708. The average molecular weight is 576 g/mol. The molecule has 0 radical (unpaired) electrons. The van der Waals surface area contributed by atoms with Crippen LogP contribution in [0.4, 0.5) is 0 Å². The van der Waals surface area contributed by atoms with Gasteiger partial charge >= 0.3 is 11.9 Å². The van der Waals surface area contributed by atoms with E-state index in [1.54, 1.807) is 50.5 Å². The lowest BCUT2D eigenvalue weighted by Crippen LogP contribution is -2.41. The van der Waals surface area contributed by atoms with Crippen molar-refractivity contribution in [3.05, 3.63) is 59.9 Å². The van der Waals surface area contributed by atoms with Crippen molar-refractivity contribution in [1.82, 2.24) is 4.98 Å². The summed E-state index contributed by atoms with van der Waals surface area (Å²) in [4.78, 5) is 28.4. The third kappa shape index (κ3) is 11.0. The van der Waals surface area contributed by atoms with Crippen LogP contribution in [0.3, 0.4) is 0 Å². The zero-order valence-electron chi connectivity index (χ0n) is 24.8. The first-order valence-electron chi connectivity index (χ1n) is 13.9. The Morgan fingerprint density at radius 3 is 2.63 bits per heavy atom. The van der Waals surface area contributed by atoms with Crippen LogP contribution in [0.25, 0.3) is 5.57 Å². The number of aliphatic hydroxyl groups is 3. The second kappa shape index (κ2) is 15.8. The molecular weight excluding hydrogens is 530 g/mol. The van der Waals surface area contributed by atoms with Gasteiger partial charge in [0.1, 0.15) is 24.2 Å². The summed E-state index contributed by atoms with van der Waals surface area (Å²) >= 11 is 0. The van der Waals surface area contributed by atoms with Gasteiger partial charge in [0, 0.05) is 31.9 Å². The number of carbonyl (C=O) groups excluding carboxylic acids is 1. The van der Waals surface area contributed by atoms with Gasteiger partial charge in [-0.05, 0) is 57.6 Å². The molecule has 4 N–H and O–H groups in total. The van der Waals surface area contributed by atoms with E-state index in [2.05, 4.69) is 4.98 Å². The predicted molar refractivity (Wildman–Crippen MR) is 154 cm³/mol. The fourth-order valence-corrected chi connectivity index (χ4v) is 4.31. The maximum Gasteiger partial charge on any atom is 0.335 e. The number of allylic oxidation sites excluding steroid dienone is 3. The molecule has 1 aliphatic rings. The number of carboxylic acid groups (broad SMARTS) is 1. The Balaban J connectivity index is 2.31. The van der Waals surface area contributed by atoms with Gasteiger partial charge in [-0.3, -0.25) is 0 Å². The Bertz CT molecular complexity index is 1130. The number of aryl methyl sites for hydroxylation is 1. The molecule has 2 bridgehead atoms. The molecule has 41 heavy (non-hydrogen) atoms. The number of fused-ring (bicyclic) bond motifs is 2. The first-order chi connectivity index (χ1) is 19.2. The number of aliphatic carboxylic acids is 1. The first-order valence-corrected chi connectivity index (χ1v) is 13.9. The van der Waals surface area contributed by atoms with Gasteiger partial charge in [-0.2, -0.15) is 0 Å². The Morgan fingerprint density at radius 1 is 1.27 bits per heavy atom. The van der Waals surface area contributed by atoms with Crippen LogP contribution in [0.5, 0.6) is 0 Å². The maximum absolute atomic E-state index is 12.8. The number of methoxy groups -OCH3 is 1. The molecule has 0 saturated heterocycles. The average Bonchev–Trinajstić information content (AvgIpc) is 3.39. The van der Waals surface area contributed by atoms with Crippen LogP contribution < -0.4 is 0 Å². The monoisotopic (exact) mass is 575 g/mol. The summed E-state index contributed by atoms with van der Waals surface area (Å²) in [5.74, 6) is -1.71. The minimum atomic E-state index is -1.87. The number of nitrogens with zero attached hydrogens (tertiary/aromatic N) is 1. The van der Waals surface area contributed by atoms with Gasteiger partial charge < -0.3 is 34.3 Å². The Morgan fingerprint density at radius 2 is 1.98 bits per heavy atom. The highest BCUT2D eigenvalue weighted by Crippen LogP contribution is 2.24. The lowest BCUT2D eigenvalue weighted by molar-refractivity contribution is -0.156. The van der Waals surface area contributed by atoms with Crippen molar-refractivity contribution in [3.8, 4) is 0 Å². The third-order valence-electron chi connectivity index (χ3n) is 7.24. The van der Waals surface area contributed by atoms with Gasteiger partial charge in [-0.25, -0.2) is 14.6 Å². The standard InChI is InChI=1S/C31H45NO9/c1-19(9-7-8-14-31(5,38)30(36)37)16-26-29(35)25(39-6)15-20(2)10-12-27-32-23(18-40-27)22(4)17-24(33)21(3)11-13-28(34)41-26/h7-8,11,13,16-18,20-21,24-26,29,33,35,38H,9-10,12,14-15H2,1-6H3,(H,36,37)/b8-7-,13-11+,19-16+,22-17+/t20?,21-,24-,25?,26-,29+,31-/m0/s1. The summed E-state index contributed by atoms with van der Waals surface area (Å²) in [6.45, 7) is 8.65. The fourth-order valence-electron chi connectivity index (χ4n) is 4.31. The van der Waals surface area contributed by atoms with Crippen molar-refractivity contribution in [2.24, 2.45) is 11.8 Å². The number of carbonyl (C=O) groups is 2. The largest absolute Gasteiger partial charge is 0.479 e. The van der Waals surface area contributed by atoms with Gasteiger partial charge in [-0.15, -0.1) is 0 Å². The lowest BCUT2D eigenvalue weighted by atomic mass is 9.93. The van der Waals surface area contributed by atoms with Crippen molar-refractivity contribution >= 4 is 17.5 Å². The molecule has 2 heterocycles. The zero-order valence-corrected chi connectivity index (χ0v) is 24.8. The van der Waals surface area contributed by atoms with Gasteiger partial charge in [0.05, 0.1) is 12.2 Å². The van der Waals surface area contributed by atoms with Crippen molar-refractivity contribution in [2.45, 2.75) is 96.7 Å². The highest BCUT2D eigenvalue weighted by molar-refractivity contribution is 5.82. The number of ether oxygens (including phenoxy) is 2. The number of esters is 1. The summed E-state index contributed by atoms with van der Waals surface area (Å²) in [5.41, 5.74) is 0.282. The molecule has 0 spiro atoms. The number of aromatic nitrogens is 1. The number of hydrogen-bond acceptors (Lipinski definition) is 9. The summed E-state index contributed by atoms with van der Waals surface area (Å²) < 4.78 is 16.9. The predicted octanol–water partition coefficient (Wildman–Crippen LogP) is 4.01. The number of oxazole rings is 1. The smallest absolute Gasteiger partial charge is 0.335 e. The highest BCUT2D eigenvalue weighted by Gasteiger charge is 2.31. The summed E-state index contributed by atoms with van der Waals surface area (Å²) in [6, 6.07) is 0. The molecule has 2 unspecified atom stereocenters. The molecule has 1 aromatic heterocycles. The molecule has 10 nitrogen and oxygen atoms in total. The molecule has 1 aromatic rings. The number of hydrogen-bond donors (Lipinski definition) is 4. The van der Waals surface area contributed by atoms with Crippen LogP contribution in [-0.2, 0) is 25.5 Å². The van der Waals surface area contributed by atoms with E-state index in [0.717, 1.165) is 17.6 Å². The molecule has 10 heteroatoms. The summed E-state index contributed by atoms with van der Waals surface area (Å²) in [7, 11) is 1.50. The quantitative estimate of drug-likeness (QED) is 0.276. The lowest BCUT2D eigenvalue weighted by Gasteiger charge is -2.29. The van der Waals surface area contributed by atoms with E-state index in [1.165, 1.54) is 20.1 Å². The van der Waals surface area contributed by atoms with E-state index >= 15 is 0 Å². The minimum Gasteiger partial charge on any atom is -0.479 e. The van der Waals surface area contributed by atoms with E-state index in [1.807, 2.05) is 13.8 Å². The molecule has 228 valence electrons. The van der Waals surface area contributed by atoms with Crippen LogP contribution in [0, 0.1) is 11.8 Å². The number of carboxylic acids is 1. The number of rotatable bonds is 7.